The number of amides is 3. The quantitative estimate of drug-likeness (QED) is 0.172. The van der Waals surface area contributed by atoms with Crippen molar-refractivity contribution >= 4 is 34.7 Å². The Hall–Kier alpha value is -4.88. The van der Waals surface area contributed by atoms with E-state index < -0.39 is 65.6 Å². The maximum Gasteiger partial charge on any atom is 0.313 e. The molecule has 3 aliphatic rings. The van der Waals surface area contributed by atoms with E-state index in [2.05, 4.69) is 23.5 Å². The van der Waals surface area contributed by atoms with Gasteiger partial charge in [-0.25, -0.2) is 4.68 Å². The van der Waals surface area contributed by atoms with Crippen molar-refractivity contribution in [1.29, 1.82) is 0 Å². The van der Waals surface area contributed by atoms with Gasteiger partial charge < -0.3 is 29.3 Å². The number of aliphatic hydroxyl groups is 1. The number of hydrogen-bond acceptors (Lipinski definition) is 9. The highest BCUT2D eigenvalue weighted by Crippen LogP contribution is 2.59. The van der Waals surface area contributed by atoms with Crippen LogP contribution >= 0.6 is 0 Å². The molecular formula is C40H50N6O7. The van der Waals surface area contributed by atoms with E-state index in [-0.39, 0.29) is 38.1 Å². The monoisotopic (exact) mass is 726 g/mol. The largest absolute Gasteiger partial charge is 0.455 e. The third-order valence-electron chi connectivity index (χ3n) is 11.3. The molecule has 0 aliphatic carbocycles. The van der Waals surface area contributed by atoms with Crippen molar-refractivity contribution in [3.05, 3.63) is 85.5 Å². The molecule has 13 nitrogen and oxygen atoms in total. The molecule has 13 heteroatoms. The highest BCUT2D eigenvalue weighted by Gasteiger charge is 2.76. The van der Waals surface area contributed by atoms with Crippen LogP contribution in [-0.2, 0) is 35.3 Å². The molecule has 0 radical (unpaired) electrons. The van der Waals surface area contributed by atoms with Crippen LogP contribution in [0.5, 0.6) is 0 Å². The summed E-state index contributed by atoms with van der Waals surface area (Å²) in [5.74, 6) is -3.82. The normalized spacial score (nSPS) is 24.9. The van der Waals surface area contributed by atoms with Crippen LogP contribution in [0.2, 0.25) is 0 Å². The smallest absolute Gasteiger partial charge is 0.313 e. The summed E-state index contributed by atoms with van der Waals surface area (Å²) in [7, 11) is 1.68. The number of rotatable bonds is 16. The average Bonchev–Trinajstić information content (AvgIpc) is 3.92. The number of carbonyl (C=O) groups is 4. The summed E-state index contributed by atoms with van der Waals surface area (Å²) in [6.07, 6.45) is 3.37. The molecule has 8 atom stereocenters. The number of carbonyl (C=O) groups excluding carboxylic acids is 4. The first-order valence-corrected chi connectivity index (χ1v) is 18.4. The summed E-state index contributed by atoms with van der Waals surface area (Å²) >= 11 is 0. The number of benzene rings is 2. The van der Waals surface area contributed by atoms with Crippen LogP contribution in [0.25, 0.3) is 11.0 Å². The molecule has 3 fully saturated rings. The van der Waals surface area contributed by atoms with Crippen molar-refractivity contribution < 1.29 is 33.8 Å². The van der Waals surface area contributed by atoms with Crippen molar-refractivity contribution in [2.45, 2.75) is 89.1 Å². The van der Waals surface area contributed by atoms with Crippen LogP contribution in [0, 0.1) is 17.8 Å². The Bertz CT molecular complexity index is 1850. The van der Waals surface area contributed by atoms with Crippen molar-refractivity contribution in [2.24, 2.45) is 17.8 Å². The van der Waals surface area contributed by atoms with Crippen molar-refractivity contribution in [3.63, 3.8) is 0 Å². The van der Waals surface area contributed by atoms with Crippen LogP contribution in [0.3, 0.4) is 0 Å². The van der Waals surface area contributed by atoms with E-state index in [1.165, 1.54) is 4.90 Å². The molecule has 3 saturated heterocycles. The van der Waals surface area contributed by atoms with E-state index >= 15 is 0 Å². The Morgan fingerprint density at radius 2 is 1.81 bits per heavy atom. The Morgan fingerprint density at radius 1 is 1.09 bits per heavy atom. The number of likely N-dealkylation sites (N-methyl/N-ethyl adjacent to an activating group) is 1. The predicted octanol–water partition coefficient (Wildman–Crippen LogP) is 3.89. The van der Waals surface area contributed by atoms with Gasteiger partial charge in [0.1, 0.15) is 29.9 Å². The molecule has 0 saturated carbocycles. The number of esters is 1. The first kappa shape index (κ1) is 37.9. The first-order chi connectivity index (χ1) is 25.5. The third kappa shape index (κ3) is 6.76. The van der Waals surface area contributed by atoms with E-state index in [0.29, 0.717) is 30.3 Å². The number of likely N-dealkylation sites (tertiary alicyclic amines) is 1. The van der Waals surface area contributed by atoms with Gasteiger partial charge in [-0.15, -0.1) is 18.3 Å². The van der Waals surface area contributed by atoms with E-state index in [9.17, 15) is 24.3 Å². The number of hydrogen-bond donors (Lipinski definition) is 1. The van der Waals surface area contributed by atoms with Gasteiger partial charge in [-0.05, 0) is 49.8 Å². The number of allylic oxidation sites excluding steroid dienone is 1. The third-order valence-corrected chi connectivity index (χ3v) is 11.3. The van der Waals surface area contributed by atoms with Crippen LogP contribution in [0.4, 0.5) is 0 Å². The molecule has 3 amide bonds. The maximum absolute atomic E-state index is 15.0. The lowest BCUT2D eigenvalue weighted by atomic mass is 9.70. The van der Waals surface area contributed by atoms with E-state index in [1.807, 2.05) is 75.4 Å². The van der Waals surface area contributed by atoms with E-state index in [0.717, 1.165) is 5.52 Å². The molecule has 1 spiro atoms. The van der Waals surface area contributed by atoms with Crippen LogP contribution < -0.4 is 0 Å². The van der Waals surface area contributed by atoms with Gasteiger partial charge in [0.15, 0.2) is 0 Å². The lowest BCUT2D eigenvalue weighted by Gasteiger charge is -2.40. The van der Waals surface area contributed by atoms with Gasteiger partial charge in [-0.3, -0.25) is 19.2 Å². The Labute approximate surface area is 310 Å². The summed E-state index contributed by atoms with van der Waals surface area (Å²) in [5.41, 5.74) is 0.768. The van der Waals surface area contributed by atoms with Gasteiger partial charge in [-0.2, -0.15) is 0 Å². The number of nitrogens with zero attached hydrogens (tertiary/aromatic N) is 6. The summed E-state index contributed by atoms with van der Waals surface area (Å²) in [6.45, 7) is 13.0. The van der Waals surface area contributed by atoms with E-state index in [4.69, 9.17) is 9.47 Å². The second-order valence-corrected chi connectivity index (χ2v) is 14.7. The number of ether oxygens (including phenoxy) is 2. The fourth-order valence-corrected chi connectivity index (χ4v) is 8.47. The van der Waals surface area contributed by atoms with Gasteiger partial charge in [0.05, 0.1) is 42.1 Å². The van der Waals surface area contributed by atoms with Crippen molar-refractivity contribution in [1.82, 2.24) is 29.7 Å². The minimum Gasteiger partial charge on any atom is -0.455 e. The molecule has 0 unspecified atom stereocenters. The topological polar surface area (TPSA) is 147 Å². The van der Waals surface area contributed by atoms with Gasteiger partial charge in [0.25, 0.3) is 0 Å². The molecule has 2 aromatic carbocycles. The SMILES string of the molecule is C=CCCC(=O)N(C)[C@@H](C)[C@@H](OC(=O)[C@@H]1[C@H]2C(=O)N([C@@H](CO)C(C)C)[C@H](C(=O)N(CC=C)Cn3nnc4ccccc43)[C@]23CC[C@H]1O3)c1ccccc1. The highest BCUT2D eigenvalue weighted by molar-refractivity contribution is 5.98. The Kier molecular flexibility index (Phi) is 11.2. The molecule has 4 heterocycles. The molecule has 6 rings (SSSR count). The zero-order chi connectivity index (χ0) is 38.0. The summed E-state index contributed by atoms with van der Waals surface area (Å²) in [5, 5.41) is 19.2. The second kappa shape index (κ2) is 15.6. The molecule has 3 aromatic rings. The zero-order valence-corrected chi connectivity index (χ0v) is 30.9. The lowest BCUT2D eigenvalue weighted by Crippen LogP contribution is -2.59. The number of aromatic nitrogens is 3. The molecule has 1 N–H and O–H groups in total. The molecule has 282 valence electrons. The fraction of sp³-hybridized carbons (Fsp3) is 0.500. The molecule has 53 heavy (non-hydrogen) atoms. The molecule has 2 bridgehead atoms. The van der Waals surface area contributed by atoms with Gasteiger partial charge in [0, 0.05) is 20.0 Å². The summed E-state index contributed by atoms with van der Waals surface area (Å²) in [6, 6.07) is 14.2. The summed E-state index contributed by atoms with van der Waals surface area (Å²) in [4.78, 5) is 62.0. The molecular weight excluding hydrogens is 676 g/mol. The molecule has 1 aromatic heterocycles. The van der Waals surface area contributed by atoms with Gasteiger partial charge in [0.2, 0.25) is 17.7 Å². The minimum absolute atomic E-state index is 0.0285. The predicted molar refractivity (Wildman–Crippen MR) is 197 cm³/mol. The number of para-hydroxylation sites is 1. The fourth-order valence-electron chi connectivity index (χ4n) is 8.47. The highest BCUT2D eigenvalue weighted by atomic mass is 16.6. The number of fused-ring (bicyclic) bond motifs is 2. The van der Waals surface area contributed by atoms with Gasteiger partial charge >= 0.3 is 5.97 Å². The minimum atomic E-state index is -1.33. The Morgan fingerprint density at radius 3 is 2.49 bits per heavy atom. The Balaban J connectivity index is 1.35. The second-order valence-electron chi connectivity index (χ2n) is 14.7. The van der Waals surface area contributed by atoms with E-state index in [1.54, 1.807) is 33.7 Å². The van der Waals surface area contributed by atoms with Gasteiger partial charge in [-0.1, -0.05) is 73.7 Å². The summed E-state index contributed by atoms with van der Waals surface area (Å²) < 4.78 is 14.7. The lowest BCUT2D eigenvalue weighted by molar-refractivity contribution is -0.165. The van der Waals surface area contributed by atoms with Crippen LogP contribution in [0.15, 0.2) is 79.9 Å². The number of aliphatic hydroxyl groups excluding tert-OH is 1. The standard InChI is InChI=1S/C40H50N6O7/c1-7-9-19-32(48)43(6)26(5)35(27-15-11-10-12-16-27)52-39(51)33-31-20-21-40(53-31)34(33)37(49)46(30(23-47)25(3)4)36(40)38(50)44(22-8-2)24-45-29-18-14-13-17-28(29)41-42-45/h7-8,10-18,25-26,30-31,33-36,47H,1-2,9,19-24H2,3-6H3/t26-,30-,31+,33-,34-,35+,36+,40-/m0/s1. The average molecular weight is 727 g/mol. The zero-order valence-electron chi connectivity index (χ0n) is 30.9. The van der Waals surface area contributed by atoms with Crippen LogP contribution in [-0.4, -0.2) is 109 Å². The first-order valence-electron chi connectivity index (χ1n) is 18.4. The van der Waals surface area contributed by atoms with Crippen molar-refractivity contribution in [3.8, 4) is 0 Å². The van der Waals surface area contributed by atoms with Crippen LogP contribution in [0.1, 0.15) is 58.1 Å². The van der Waals surface area contributed by atoms with Crippen molar-refractivity contribution in [2.75, 3.05) is 20.2 Å². The molecule has 3 aliphatic heterocycles. The maximum atomic E-state index is 15.0.